The number of carboxylic acids is 1. The maximum absolute atomic E-state index is 10.8. The fraction of sp³-hybridized carbons (Fsp3) is 0.167. The molecule has 1 aromatic carbocycles. The van der Waals surface area contributed by atoms with E-state index in [4.69, 9.17) is 14.6 Å². The molecule has 0 fully saturated rings. The standard InChI is InChI=1S/C12H12N2O4/c1-17-8-3-4-10(11(7-8)18-2)14-6-5-9(13-14)12(15)16/h3-7H,1-2H3,(H,15,16). The number of aromatic nitrogens is 2. The van der Waals surface area contributed by atoms with E-state index < -0.39 is 5.97 Å². The molecule has 6 heteroatoms. The van der Waals surface area contributed by atoms with Gasteiger partial charge in [-0.1, -0.05) is 0 Å². The highest BCUT2D eigenvalue weighted by Crippen LogP contribution is 2.27. The maximum atomic E-state index is 10.8. The van der Waals surface area contributed by atoms with Gasteiger partial charge in [-0.25, -0.2) is 9.48 Å². The molecule has 0 radical (unpaired) electrons. The summed E-state index contributed by atoms with van der Waals surface area (Å²) in [5.41, 5.74) is 0.624. The zero-order valence-electron chi connectivity index (χ0n) is 9.95. The second-order valence-corrected chi connectivity index (χ2v) is 3.49. The molecule has 0 bridgehead atoms. The quantitative estimate of drug-likeness (QED) is 0.889. The first-order valence-corrected chi connectivity index (χ1v) is 5.17. The number of benzene rings is 1. The van der Waals surface area contributed by atoms with E-state index >= 15 is 0 Å². The Morgan fingerprint density at radius 3 is 2.61 bits per heavy atom. The van der Waals surface area contributed by atoms with Gasteiger partial charge in [-0.05, 0) is 18.2 Å². The van der Waals surface area contributed by atoms with Crippen LogP contribution in [0.15, 0.2) is 30.5 Å². The predicted molar refractivity (Wildman–Crippen MR) is 63.6 cm³/mol. The second kappa shape index (κ2) is 4.79. The molecule has 1 N–H and O–H groups in total. The van der Waals surface area contributed by atoms with Crippen LogP contribution >= 0.6 is 0 Å². The number of nitrogens with zero attached hydrogens (tertiary/aromatic N) is 2. The maximum Gasteiger partial charge on any atom is 0.356 e. The van der Waals surface area contributed by atoms with Gasteiger partial charge >= 0.3 is 5.97 Å². The number of hydrogen-bond acceptors (Lipinski definition) is 4. The minimum Gasteiger partial charge on any atom is -0.497 e. The van der Waals surface area contributed by atoms with Gasteiger partial charge in [0.1, 0.15) is 17.2 Å². The van der Waals surface area contributed by atoms with E-state index in [9.17, 15) is 4.79 Å². The fourth-order valence-corrected chi connectivity index (χ4v) is 1.55. The number of ether oxygens (including phenoxy) is 2. The lowest BCUT2D eigenvalue weighted by Crippen LogP contribution is -2.02. The fourth-order valence-electron chi connectivity index (χ4n) is 1.55. The first kappa shape index (κ1) is 12.0. The summed E-state index contributed by atoms with van der Waals surface area (Å²) in [6, 6.07) is 6.62. The van der Waals surface area contributed by atoms with Gasteiger partial charge in [0.25, 0.3) is 0 Å². The molecule has 94 valence electrons. The molecule has 0 atom stereocenters. The molecular formula is C12H12N2O4. The number of methoxy groups -OCH3 is 2. The molecule has 0 aliphatic carbocycles. The molecule has 0 spiro atoms. The normalized spacial score (nSPS) is 10.1. The number of hydrogen-bond donors (Lipinski definition) is 1. The van der Waals surface area contributed by atoms with Crippen molar-refractivity contribution in [2.45, 2.75) is 0 Å². The first-order valence-electron chi connectivity index (χ1n) is 5.17. The van der Waals surface area contributed by atoms with Crippen LogP contribution in [-0.2, 0) is 0 Å². The lowest BCUT2D eigenvalue weighted by Gasteiger charge is -2.09. The van der Waals surface area contributed by atoms with Gasteiger partial charge in [-0.15, -0.1) is 0 Å². The average molecular weight is 248 g/mol. The highest BCUT2D eigenvalue weighted by atomic mass is 16.5. The molecule has 0 aliphatic heterocycles. The van der Waals surface area contributed by atoms with E-state index in [1.165, 1.54) is 17.9 Å². The van der Waals surface area contributed by atoms with Crippen LogP contribution in [-0.4, -0.2) is 35.1 Å². The molecule has 18 heavy (non-hydrogen) atoms. The minimum absolute atomic E-state index is 0.0205. The third-order valence-corrected chi connectivity index (χ3v) is 2.44. The largest absolute Gasteiger partial charge is 0.497 e. The van der Waals surface area contributed by atoms with E-state index in [0.717, 1.165) is 0 Å². The van der Waals surface area contributed by atoms with Crippen LogP contribution in [0.3, 0.4) is 0 Å². The van der Waals surface area contributed by atoms with Crippen LogP contribution in [0.5, 0.6) is 11.5 Å². The number of carbonyl (C=O) groups is 1. The third kappa shape index (κ3) is 2.13. The molecule has 0 amide bonds. The summed E-state index contributed by atoms with van der Waals surface area (Å²) in [4.78, 5) is 10.8. The second-order valence-electron chi connectivity index (χ2n) is 3.49. The van der Waals surface area contributed by atoms with E-state index in [1.807, 2.05) is 0 Å². The van der Waals surface area contributed by atoms with Crippen molar-refractivity contribution in [3.63, 3.8) is 0 Å². The summed E-state index contributed by atoms with van der Waals surface area (Å²) < 4.78 is 11.8. The van der Waals surface area contributed by atoms with Gasteiger partial charge in [0.2, 0.25) is 0 Å². The average Bonchev–Trinajstić information content (AvgIpc) is 2.87. The smallest absolute Gasteiger partial charge is 0.356 e. The number of aromatic carboxylic acids is 1. The van der Waals surface area contributed by atoms with Gasteiger partial charge in [0.05, 0.1) is 14.2 Å². The molecule has 2 aromatic rings. The van der Waals surface area contributed by atoms with Crippen molar-refractivity contribution in [1.29, 1.82) is 0 Å². The van der Waals surface area contributed by atoms with Crippen LogP contribution in [0.25, 0.3) is 5.69 Å². The Morgan fingerprint density at radius 2 is 2.06 bits per heavy atom. The van der Waals surface area contributed by atoms with Crippen LogP contribution < -0.4 is 9.47 Å². The van der Waals surface area contributed by atoms with E-state index in [0.29, 0.717) is 17.2 Å². The third-order valence-electron chi connectivity index (χ3n) is 2.44. The van der Waals surface area contributed by atoms with Crippen molar-refractivity contribution >= 4 is 5.97 Å². The highest BCUT2D eigenvalue weighted by molar-refractivity contribution is 5.85. The van der Waals surface area contributed by atoms with Gasteiger partial charge < -0.3 is 14.6 Å². The number of rotatable bonds is 4. The molecule has 0 unspecified atom stereocenters. The Balaban J connectivity index is 2.45. The summed E-state index contributed by atoms with van der Waals surface area (Å²) in [5, 5.41) is 12.8. The monoisotopic (exact) mass is 248 g/mol. The van der Waals surface area contributed by atoms with Crippen molar-refractivity contribution < 1.29 is 19.4 Å². The van der Waals surface area contributed by atoms with Crippen molar-refractivity contribution in [3.8, 4) is 17.2 Å². The Morgan fingerprint density at radius 1 is 1.28 bits per heavy atom. The zero-order valence-corrected chi connectivity index (χ0v) is 9.95. The van der Waals surface area contributed by atoms with Gasteiger partial charge in [0, 0.05) is 12.3 Å². The summed E-state index contributed by atoms with van der Waals surface area (Å²) in [6.07, 6.45) is 1.56. The van der Waals surface area contributed by atoms with Crippen LogP contribution in [0.1, 0.15) is 10.5 Å². The summed E-state index contributed by atoms with van der Waals surface area (Å²) in [7, 11) is 3.09. The van der Waals surface area contributed by atoms with Gasteiger partial charge in [-0.3, -0.25) is 0 Å². The van der Waals surface area contributed by atoms with Crippen LogP contribution in [0.4, 0.5) is 0 Å². The predicted octanol–water partition coefficient (Wildman–Crippen LogP) is 1.59. The molecule has 0 saturated heterocycles. The summed E-state index contributed by atoms with van der Waals surface area (Å²) in [6.45, 7) is 0. The van der Waals surface area contributed by atoms with E-state index in [1.54, 1.807) is 31.5 Å². The Hall–Kier alpha value is -2.50. The van der Waals surface area contributed by atoms with Crippen LogP contribution in [0, 0.1) is 0 Å². The lowest BCUT2D eigenvalue weighted by molar-refractivity contribution is 0.0690. The van der Waals surface area contributed by atoms with E-state index in [2.05, 4.69) is 5.10 Å². The SMILES string of the molecule is COc1ccc(-n2ccc(C(=O)O)n2)c(OC)c1. The van der Waals surface area contributed by atoms with Gasteiger partial charge in [-0.2, -0.15) is 5.10 Å². The van der Waals surface area contributed by atoms with Crippen molar-refractivity contribution in [3.05, 3.63) is 36.2 Å². The first-order chi connectivity index (χ1) is 8.65. The van der Waals surface area contributed by atoms with Crippen molar-refractivity contribution in [2.75, 3.05) is 14.2 Å². The summed E-state index contributed by atoms with van der Waals surface area (Å²) in [5.74, 6) is 0.136. The zero-order chi connectivity index (χ0) is 13.1. The molecule has 6 nitrogen and oxygen atoms in total. The molecule has 0 saturated carbocycles. The molecule has 1 aromatic heterocycles. The van der Waals surface area contributed by atoms with Gasteiger partial charge in [0.15, 0.2) is 5.69 Å². The Kier molecular flexibility index (Phi) is 3.18. The van der Waals surface area contributed by atoms with E-state index in [-0.39, 0.29) is 5.69 Å². The molecule has 0 aliphatic rings. The highest BCUT2D eigenvalue weighted by Gasteiger charge is 2.11. The Bertz CT molecular complexity index is 577. The summed E-state index contributed by atoms with van der Waals surface area (Å²) >= 11 is 0. The number of carboxylic acid groups (broad SMARTS) is 1. The molecule has 1 heterocycles. The van der Waals surface area contributed by atoms with Crippen LogP contribution in [0.2, 0.25) is 0 Å². The molecular weight excluding hydrogens is 236 g/mol. The minimum atomic E-state index is -1.07. The van der Waals surface area contributed by atoms with Crippen molar-refractivity contribution in [2.24, 2.45) is 0 Å². The Labute approximate surface area is 103 Å². The topological polar surface area (TPSA) is 73.6 Å². The lowest BCUT2D eigenvalue weighted by atomic mass is 10.3. The van der Waals surface area contributed by atoms with Crippen molar-refractivity contribution in [1.82, 2.24) is 9.78 Å². The molecule has 2 rings (SSSR count).